The van der Waals surface area contributed by atoms with Crippen molar-refractivity contribution in [1.82, 2.24) is 15.1 Å². The third-order valence-electron chi connectivity index (χ3n) is 4.66. The van der Waals surface area contributed by atoms with Gasteiger partial charge in [-0.3, -0.25) is 4.79 Å². The molecule has 128 valence electrons. The highest BCUT2D eigenvalue weighted by Crippen LogP contribution is 2.24. The second-order valence-electron chi connectivity index (χ2n) is 6.42. The van der Waals surface area contributed by atoms with E-state index in [-0.39, 0.29) is 5.91 Å². The summed E-state index contributed by atoms with van der Waals surface area (Å²) in [5.41, 5.74) is 1.84. The van der Waals surface area contributed by atoms with Crippen molar-refractivity contribution in [2.75, 3.05) is 18.4 Å². The van der Waals surface area contributed by atoms with Crippen LogP contribution in [0.15, 0.2) is 47.0 Å². The Balaban J connectivity index is 1.41. The van der Waals surface area contributed by atoms with Gasteiger partial charge in [0.1, 0.15) is 11.4 Å². The average molecular weight is 336 g/mol. The molecular weight excluding hydrogens is 316 g/mol. The number of piperidine rings is 1. The van der Waals surface area contributed by atoms with Gasteiger partial charge in [-0.25, -0.2) is 0 Å². The highest BCUT2D eigenvalue weighted by atomic mass is 16.3. The molecule has 0 unspecified atom stereocenters. The molecule has 1 fully saturated rings. The number of carbonyl (C=O) groups excluding carboxylic acids is 1. The van der Waals surface area contributed by atoms with E-state index in [0.29, 0.717) is 24.9 Å². The predicted octanol–water partition coefficient (Wildman–Crippen LogP) is 3.25. The van der Waals surface area contributed by atoms with Gasteiger partial charge in [0.15, 0.2) is 5.76 Å². The number of nitrogens with one attached hydrogen (secondary N) is 1. The molecule has 2 aromatic heterocycles. The number of amides is 1. The van der Waals surface area contributed by atoms with Crippen LogP contribution in [0.2, 0.25) is 0 Å². The van der Waals surface area contributed by atoms with Gasteiger partial charge in [0.25, 0.3) is 5.91 Å². The lowest BCUT2D eigenvalue weighted by Gasteiger charge is -2.32. The van der Waals surface area contributed by atoms with Crippen LogP contribution in [-0.2, 0) is 0 Å². The lowest BCUT2D eigenvalue weighted by atomic mass is 10.0. The van der Waals surface area contributed by atoms with Gasteiger partial charge in [0, 0.05) is 30.7 Å². The predicted molar refractivity (Wildman–Crippen MR) is 95.5 cm³/mol. The summed E-state index contributed by atoms with van der Waals surface area (Å²) in [4.78, 5) is 14.6. The van der Waals surface area contributed by atoms with Crippen LogP contribution < -0.4 is 5.32 Å². The molecule has 3 aromatic rings. The van der Waals surface area contributed by atoms with Crippen molar-refractivity contribution < 1.29 is 9.21 Å². The molecule has 0 atom stereocenters. The summed E-state index contributed by atoms with van der Waals surface area (Å²) in [5.74, 6) is 1.17. The molecule has 1 amide bonds. The number of para-hydroxylation sites is 1. The molecule has 25 heavy (non-hydrogen) atoms. The van der Waals surface area contributed by atoms with Crippen molar-refractivity contribution in [2.24, 2.45) is 0 Å². The number of aromatic nitrogens is 2. The molecule has 3 heterocycles. The number of hydrogen-bond acceptors (Lipinski definition) is 5. The SMILES string of the molecule is Cc1cccc2cc(C(=O)N3CCC(Nc4cccnn4)CC3)oc12. The van der Waals surface area contributed by atoms with Crippen LogP contribution in [-0.4, -0.2) is 40.1 Å². The van der Waals surface area contributed by atoms with Crippen LogP contribution in [0.1, 0.15) is 29.0 Å². The molecule has 6 nitrogen and oxygen atoms in total. The van der Waals surface area contributed by atoms with Crippen LogP contribution in [0.3, 0.4) is 0 Å². The molecule has 0 spiro atoms. The molecule has 1 aromatic carbocycles. The average Bonchev–Trinajstić information content (AvgIpc) is 3.08. The van der Waals surface area contributed by atoms with Crippen LogP contribution in [0.25, 0.3) is 11.0 Å². The number of furan rings is 1. The van der Waals surface area contributed by atoms with E-state index in [1.807, 2.05) is 48.2 Å². The maximum atomic E-state index is 12.7. The van der Waals surface area contributed by atoms with Crippen molar-refractivity contribution >= 4 is 22.7 Å². The number of rotatable bonds is 3. The fourth-order valence-electron chi connectivity index (χ4n) is 3.28. The first kappa shape index (κ1) is 15.6. The van der Waals surface area contributed by atoms with Crippen LogP contribution in [0.4, 0.5) is 5.82 Å². The lowest BCUT2D eigenvalue weighted by molar-refractivity contribution is 0.0688. The van der Waals surface area contributed by atoms with E-state index >= 15 is 0 Å². The summed E-state index contributed by atoms with van der Waals surface area (Å²) < 4.78 is 5.81. The van der Waals surface area contributed by atoms with Crippen LogP contribution >= 0.6 is 0 Å². The first-order valence-electron chi connectivity index (χ1n) is 8.53. The number of aryl methyl sites for hydroxylation is 1. The second-order valence-corrected chi connectivity index (χ2v) is 6.42. The second kappa shape index (κ2) is 6.55. The minimum absolute atomic E-state index is 0.0337. The highest BCUT2D eigenvalue weighted by molar-refractivity contribution is 5.96. The molecule has 1 saturated heterocycles. The van der Waals surface area contributed by atoms with Gasteiger partial charge in [0.2, 0.25) is 0 Å². The third-order valence-corrected chi connectivity index (χ3v) is 4.66. The van der Waals surface area contributed by atoms with Gasteiger partial charge in [-0.15, -0.1) is 5.10 Å². The van der Waals surface area contributed by atoms with E-state index in [1.165, 1.54) is 0 Å². The standard InChI is InChI=1S/C19H20N4O2/c1-13-4-2-5-14-12-16(25-18(13)14)19(24)23-10-7-15(8-11-23)21-17-6-3-9-20-22-17/h2-6,9,12,15H,7-8,10-11H2,1H3,(H,21,22). The minimum atomic E-state index is -0.0337. The zero-order valence-corrected chi connectivity index (χ0v) is 14.1. The lowest BCUT2D eigenvalue weighted by Crippen LogP contribution is -2.42. The monoisotopic (exact) mass is 336 g/mol. The number of anilines is 1. The summed E-state index contributed by atoms with van der Waals surface area (Å²) >= 11 is 0. The fourth-order valence-corrected chi connectivity index (χ4v) is 3.28. The smallest absolute Gasteiger partial charge is 0.289 e. The minimum Gasteiger partial charge on any atom is -0.451 e. The Morgan fingerprint density at radius 1 is 1.24 bits per heavy atom. The zero-order chi connectivity index (χ0) is 17.2. The zero-order valence-electron chi connectivity index (χ0n) is 14.1. The maximum absolute atomic E-state index is 12.7. The topological polar surface area (TPSA) is 71.3 Å². The molecule has 0 radical (unpaired) electrons. The van der Waals surface area contributed by atoms with E-state index in [2.05, 4.69) is 15.5 Å². The van der Waals surface area contributed by atoms with Gasteiger partial charge in [-0.05, 0) is 43.5 Å². The van der Waals surface area contributed by atoms with Gasteiger partial charge in [-0.1, -0.05) is 18.2 Å². The van der Waals surface area contributed by atoms with E-state index < -0.39 is 0 Å². The van der Waals surface area contributed by atoms with Crippen molar-refractivity contribution in [1.29, 1.82) is 0 Å². The first-order valence-corrected chi connectivity index (χ1v) is 8.53. The Bertz CT molecular complexity index is 883. The number of fused-ring (bicyclic) bond motifs is 1. The van der Waals surface area contributed by atoms with Crippen molar-refractivity contribution in [3.05, 3.63) is 53.9 Å². The molecule has 6 heteroatoms. The number of carbonyl (C=O) groups is 1. The Labute approximate surface area is 145 Å². The van der Waals surface area contributed by atoms with Gasteiger partial charge in [0.05, 0.1) is 0 Å². The molecule has 1 aliphatic rings. The normalized spacial score (nSPS) is 15.5. The maximum Gasteiger partial charge on any atom is 0.289 e. The third kappa shape index (κ3) is 3.20. The Morgan fingerprint density at radius 3 is 2.80 bits per heavy atom. The summed E-state index contributed by atoms with van der Waals surface area (Å²) in [6, 6.07) is 11.8. The van der Waals surface area contributed by atoms with E-state index in [4.69, 9.17) is 4.42 Å². The van der Waals surface area contributed by atoms with E-state index in [1.54, 1.807) is 6.20 Å². The molecule has 0 saturated carbocycles. The number of hydrogen-bond donors (Lipinski definition) is 1. The fraction of sp³-hybridized carbons (Fsp3) is 0.316. The summed E-state index contributed by atoms with van der Waals surface area (Å²) in [7, 11) is 0. The first-order chi connectivity index (χ1) is 12.2. The van der Waals surface area contributed by atoms with Crippen LogP contribution in [0, 0.1) is 6.92 Å². The molecule has 1 aliphatic heterocycles. The molecular formula is C19H20N4O2. The number of likely N-dealkylation sites (tertiary alicyclic amines) is 1. The van der Waals surface area contributed by atoms with Crippen molar-refractivity contribution in [3.63, 3.8) is 0 Å². The quantitative estimate of drug-likeness (QED) is 0.795. The van der Waals surface area contributed by atoms with E-state index in [9.17, 15) is 4.79 Å². The highest BCUT2D eigenvalue weighted by Gasteiger charge is 2.26. The summed E-state index contributed by atoms with van der Waals surface area (Å²) in [6.45, 7) is 3.39. The summed E-state index contributed by atoms with van der Waals surface area (Å²) in [6.07, 6.45) is 3.41. The Hall–Kier alpha value is -2.89. The van der Waals surface area contributed by atoms with Crippen molar-refractivity contribution in [3.8, 4) is 0 Å². The molecule has 0 bridgehead atoms. The van der Waals surface area contributed by atoms with Gasteiger partial charge >= 0.3 is 0 Å². The van der Waals surface area contributed by atoms with Gasteiger partial charge < -0.3 is 14.6 Å². The summed E-state index contributed by atoms with van der Waals surface area (Å²) in [5, 5.41) is 12.3. The Kier molecular flexibility index (Phi) is 4.09. The molecule has 4 rings (SSSR count). The largest absolute Gasteiger partial charge is 0.451 e. The van der Waals surface area contributed by atoms with Crippen LogP contribution in [0.5, 0.6) is 0 Å². The number of benzene rings is 1. The van der Waals surface area contributed by atoms with Crippen molar-refractivity contribution in [2.45, 2.75) is 25.8 Å². The Morgan fingerprint density at radius 2 is 2.08 bits per heavy atom. The van der Waals surface area contributed by atoms with E-state index in [0.717, 1.165) is 35.2 Å². The molecule has 0 aliphatic carbocycles. The van der Waals surface area contributed by atoms with Gasteiger partial charge in [-0.2, -0.15) is 5.10 Å². The number of nitrogens with zero attached hydrogens (tertiary/aromatic N) is 3. The molecule has 1 N–H and O–H groups in total.